The van der Waals surface area contributed by atoms with E-state index in [0.717, 1.165) is 24.0 Å². The van der Waals surface area contributed by atoms with E-state index in [1.54, 1.807) is 0 Å². The van der Waals surface area contributed by atoms with Crippen LogP contribution in [0.2, 0.25) is 0 Å². The van der Waals surface area contributed by atoms with Crippen LogP contribution in [0.4, 0.5) is 0 Å². The van der Waals surface area contributed by atoms with Gasteiger partial charge in [0.1, 0.15) is 0 Å². The molecule has 0 saturated carbocycles. The van der Waals surface area contributed by atoms with Gasteiger partial charge in [-0.25, -0.2) is 0 Å². The zero-order chi connectivity index (χ0) is 14.8. The summed E-state index contributed by atoms with van der Waals surface area (Å²) in [5.41, 5.74) is 0. The first kappa shape index (κ1) is 15.8. The van der Waals surface area contributed by atoms with Crippen LogP contribution in [0.5, 0.6) is 0 Å². The average molecular weight is 293 g/mol. The van der Waals surface area contributed by atoms with Crippen LogP contribution in [0.25, 0.3) is 0 Å². The molecule has 0 aromatic heterocycles. The second-order valence-electron chi connectivity index (χ2n) is 7.61. The lowest BCUT2D eigenvalue weighted by atomic mass is 9.90. The van der Waals surface area contributed by atoms with E-state index in [9.17, 15) is 0 Å². The van der Waals surface area contributed by atoms with E-state index < -0.39 is 0 Å². The van der Waals surface area contributed by atoms with Gasteiger partial charge in [0.15, 0.2) is 0 Å². The molecule has 0 aromatic rings. The lowest BCUT2D eigenvalue weighted by Gasteiger charge is -2.47. The van der Waals surface area contributed by atoms with Crippen LogP contribution in [0.1, 0.15) is 59.3 Å². The standard InChI is InChI=1S/C18H35N3/c1-4-14(3)16-13-21(15(5-2)12-19-16)18-9-11-20-10-7-6-8-17(18)20/h14-19H,4-13H2,1-3H3. The molecule has 5 atom stereocenters. The molecule has 3 aliphatic heterocycles. The van der Waals surface area contributed by atoms with Crippen molar-refractivity contribution in [1.82, 2.24) is 15.1 Å². The highest BCUT2D eigenvalue weighted by molar-refractivity contribution is 5.00. The van der Waals surface area contributed by atoms with Gasteiger partial charge in [-0.15, -0.1) is 0 Å². The number of hydrogen-bond donors (Lipinski definition) is 1. The fraction of sp³-hybridized carbons (Fsp3) is 1.00. The molecule has 5 unspecified atom stereocenters. The Bertz CT molecular complexity index is 332. The summed E-state index contributed by atoms with van der Waals surface area (Å²) in [6.45, 7) is 12.3. The van der Waals surface area contributed by atoms with E-state index in [2.05, 4.69) is 35.9 Å². The molecule has 3 heteroatoms. The molecule has 3 aliphatic rings. The minimum Gasteiger partial charge on any atom is -0.311 e. The molecule has 3 nitrogen and oxygen atoms in total. The lowest BCUT2D eigenvalue weighted by molar-refractivity contribution is 0.0374. The Hall–Kier alpha value is -0.120. The van der Waals surface area contributed by atoms with E-state index >= 15 is 0 Å². The van der Waals surface area contributed by atoms with Crippen LogP contribution in [0, 0.1) is 5.92 Å². The summed E-state index contributed by atoms with van der Waals surface area (Å²) in [5.74, 6) is 0.800. The number of piperidine rings is 1. The first-order chi connectivity index (χ1) is 10.2. The molecule has 0 bridgehead atoms. The summed E-state index contributed by atoms with van der Waals surface area (Å²) in [7, 11) is 0. The van der Waals surface area contributed by atoms with Crippen molar-refractivity contribution in [3.63, 3.8) is 0 Å². The number of nitrogens with zero attached hydrogens (tertiary/aromatic N) is 2. The summed E-state index contributed by atoms with van der Waals surface area (Å²) in [6, 6.07) is 3.17. The predicted molar refractivity (Wildman–Crippen MR) is 89.6 cm³/mol. The molecule has 3 fully saturated rings. The van der Waals surface area contributed by atoms with Gasteiger partial charge in [0.05, 0.1) is 0 Å². The van der Waals surface area contributed by atoms with E-state index in [1.807, 2.05) is 0 Å². The van der Waals surface area contributed by atoms with E-state index in [1.165, 1.54) is 64.7 Å². The number of rotatable bonds is 4. The molecule has 21 heavy (non-hydrogen) atoms. The fourth-order valence-electron chi connectivity index (χ4n) is 4.90. The third kappa shape index (κ3) is 3.16. The first-order valence-corrected chi connectivity index (χ1v) is 9.47. The molecule has 0 aliphatic carbocycles. The van der Waals surface area contributed by atoms with Crippen molar-refractivity contribution in [2.24, 2.45) is 5.92 Å². The Morgan fingerprint density at radius 2 is 1.95 bits per heavy atom. The third-order valence-electron chi connectivity index (χ3n) is 6.54. The molecular weight excluding hydrogens is 258 g/mol. The number of fused-ring (bicyclic) bond motifs is 1. The Morgan fingerprint density at radius 1 is 1.10 bits per heavy atom. The average Bonchev–Trinajstić information content (AvgIpc) is 2.97. The second-order valence-corrected chi connectivity index (χ2v) is 7.61. The number of nitrogens with one attached hydrogen (secondary N) is 1. The minimum absolute atomic E-state index is 0.704. The van der Waals surface area contributed by atoms with Crippen LogP contribution in [-0.2, 0) is 0 Å². The van der Waals surface area contributed by atoms with Gasteiger partial charge in [-0.2, -0.15) is 0 Å². The van der Waals surface area contributed by atoms with Crippen molar-refractivity contribution in [1.29, 1.82) is 0 Å². The van der Waals surface area contributed by atoms with Crippen molar-refractivity contribution in [2.45, 2.75) is 83.5 Å². The van der Waals surface area contributed by atoms with Crippen LogP contribution < -0.4 is 5.32 Å². The van der Waals surface area contributed by atoms with Gasteiger partial charge >= 0.3 is 0 Å². The molecule has 3 rings (SSSR count). The van der Waals surface area contributed by atoms with Gasteiger partial charge in [-0.1, -0.05) is 33.6 Å². The molecule has 0 radical (unpaired) electrons. The van der Waals surface area contributed by atoms with Crippen molar-refractivity contribution < 1.29 is 0 Å². The molecule has 1 N–H and O–H groups in total. The van der Waals surface area contributed by atoms with Crippen LogP contribution >= 0.6 is 0 Å². The molecule has 0 aromatic carbocycles. The van der Waals surface area contributed by atoms with Gasteiger partial charge in [0.2, 0.25) is 0 Å². The second kappa shape index (κ2) is 6.97. The maximum Gasteiger partial charge on any atom is 0.0267 e. The molecule has 0 amide bonds. The highest BCUT2D eigenvalue weighted by Gasteiger charge is 2.42. The summed E-state index contributed by atoms with van der Waals surface area (Å²) < 4.78 is 0. The van der Waals surface area contributed by atoms with Gasteiger partial charge in [0.25, 0.3) is 0 Å². The quantitative estimate of drug-likeness (QED) is 0.860. The zero-order valence-corrected chi connectivity index (χ0v) is 14.4. The Kier molecular flexibility index (Phi) is 5.23. The normalized spacial score (nSPS) is 40.1. The molecule has 3 heterocycles. The molecule has 0 spiro atoms. The van der Waals surface area contributed by atoms with Crippen molar-refractivity contribution in [3.8, 4) is 0 Å². The maximum atomic E-state index is 3.84. The van der Waals surface area contributed by atoms with Crippen molar-refractivity contribution >= 4 is 0 Å². The Morgan fingerprint density at radius 3 is 2.71 bits per heavy atom. The molecular formula is C18H35N3. The Balaban J connectivity index is 1.70. The van der Waals surface area contributed by atoms with Crippen molar-refractivity contribution in [2.75, 3.05) is 26.2 Å². The summed E-state index contributed by atoms with van der Waals surface area (Å²) >= 11 is 0. The van der Waals surface area contributed by atoms with Gasteiger partial charge in [-0.05, 0) is 38.1 Å². The predicted octanol–water partition coefficient (Wildman–Crippen LogP) is 2.71. The van der Waals surface area contributed by atoms with Crippen LogP contribution in [0.15, 0.2) is 0 Å². The summed E-state index contributed by atoms with van der Waals surface area (Å²) in [5, 5.41) is 3.84. The van der Waals surface area contributed by atoms with E-state index in [-0.39, 0.29) is 0 Å². The molecule has 122 valence electrons. The minimum atomic E-state index is 0.704. The SMILES string of the molecule is CCC(C)C1CN(C2CCN3CCCCC23)C(CC)CN1. The Labute approximate surface area is 131 Å². The fourth-order valence-corrected chi connectivity index (χ4v) is 4.90. The maximum absolute atomic E-state index is 3.84. The highest BCUT2D eigenvalue weighted by atomic mass is 15.3. The highest BCUT2D eigenvalue weighted by Crippen LogP contribution is 2.33. The third-order valence-corrected chi connectivity index (χ3v) is 6.54. The van der Waals surface area contributed by atoms with E-state index in [4.69, 9.17) is 0 Å². The van der Waals surface area contributed by atoms with E-state index in [0.29, 0.717) is 6.04 Å². The summed E-state index contributed by atoms with van der Waals surface area (Å²) in [4.78, 5) is 5.71. The zero-order valence-electron chi connectivity index (χ0n) is 14.4. The monoisotopic (exact) mass is 293 g/mol. The molecule has 3 saturated heterocycles. The van der Waals surface area contributed by atoms with Gasteiger partial charge in [0, 0.05) is 43.8 Å². The lowest BCUT2D eigenvalue weighted by Crippen LogP contribution is -2.62. The smallest absolute Gasteiger partial charge is 0.0267 e. The number of hydrogen-bond acceptors (Lipinski definition) is 3. The topological polar surface area (TPSA) is 18.5 Å². The largest absolute Gasteiger partial charge is 0.311 e. The number of piperazine rings is 1. The van der Waals surface area contributed by atoms with Crippen LogP contribution in [0.3, 0.4) is 0 Å². The van der Waals surface area contributed by atoms with Crippen molar-refractivity contribution in [3.05, 3.63) is 0 Å². The first-order valence-electron chi connectivity index (χ1n) is 9.47. The van der Waals surface area contributed by atoms with Gasteiger partial charge < -0.3 is 5.32 Å². The summed E-state index contributed by atoms with van der Waals surface area (Å²) in [6.07, 6.45) is 8.33. The van der Waals surface area contributed by atoms with Crippen LogP contribution in [-0.4, -0.2) is 60.1 Å². The van der Waals surface area contributed by atoms with Gasteiger partial charge in [-0.3, -0.25) is 9.80 Å².